The lowest BCUT2D eigenvalue weighted by molar-refractivity contribution is -0.143. The maximum atomic E-state index is 12.7. The molecule has 0 bridgehead atoms. The van der Waals surface area contributed by atoms with Gasteiger partial charge in [0.15, 0.2) is 0 Å². The van der Waals surface area contributed by atoms with Crippen LogP contribution in [-0.4, -0.2) is 51.2 Å². The number of amides is 2. The molecule has 0 atom stereocenters. The quantitative estimate of drug-likeness (QED) is 0.449. The lowest BCUT2D eigenvalue weighted by atomic mass is 10.1. The van der Waals surface area contributed by atoms with Gasteiger partial charge in [-0.2, -0.15) is 0 Å². The number of halogens is 1. The molecule has 1 aliphatic rings. The zero-order chi connectivity index (χ0) is 22.9. The second-order valence-electron chi connectivity index (χ2n) is 7.85. The molecule has 2 N–H and O–H groups in total. The molecule has 0 saturated carbocycles. The summed E-state index contributed by atoms with van der Waals surface area (Å²) in [5, 5.41) is 2.56. The molecule has 0 spiro atoms. The Balaban J connectivity index is 1.22. The average Bonchev–Trinajstić information content (AvgIpc) is 3.21. The number of fused-ring (bicyclic) bond motifs is 2. The number of nitrogens with zero attached hydrogens (tertiary/aromatic N) is 4. The number of piperazine rings is 1. The maximum Gasteiger partial charge on any atom is 0.247 e. The number of hydrogen-bond donors (Lipinski definition) is 1. The molecule has 5 rings (SSSR count). The van der Waals surface area contributed by atoms with Crippen LogP contribution in [0.25, 0.3) is 27.1 Å². The molecule has 2 aromatic carbocycles. The Morgan fingerprint density at radius 1 is 1.15 bits per heavy atom. The van der Waals surface area contributed by atoms with Crippen molar-refractivity contribution in [3.8, 4) is 0 Å². The standard InChI is InChI=1S/C24H20ClN5O2S/c25-17-3-2-16-10-18(33-21(16)11-17)4-6-22(31)30-8-7-29(23(32)13-30)12-15-1-5-19-20(9-15)27-14-28-24(19)26/h1-6,9-11,14H,7-8,12-13H2,(H2,26,27,28). The first-order chi connectivity index (χ1) is 16.0. The molecule has 0 unspecified atom stereocenters. The summed E-state index contributed by atoms with van der Waals surface area (Å²) in [5.41, 5.74) is 7.58. The van der Waals surface area contributed by atoms with E-state index >= 15 is 0 Å². The van der Waals surface area contributed by atoms with Crippen molar-refractivity contribution in [1.82, 2.24) is 19.8 Å². The molecule has 3 heterocycles. The van der Waals surface area contributed by atoms with Gasteiger partial charge in [-0.15, -0.1) is 11.3 Å². The summed E-state index contributed by atoms with van der Waals surface area (Å²) in [6.07, 6.45) is 4.75. The van der Waals surface area contributed by atoms with Gasteiger partial charge in [-0.3, -0.25) is 9.59 Å². The van der Waals surface area contributed by atoms with Gasteiger partial charge in [0.1, 0.15) is 18.7 Å². The van der Waals surface area contributed by atoms with Crippen molar-refractivity contribution in [3.05, 3.63) is 70.3 Å². The van der Waals surface area contributed by atoms with E-state index in [2.05, 4.69) is 9.97 Å². The highest BCUT2D eigenvalue weighted by atomic mass is 35.5. The van der Waals surface area contributed by atoms with E-state index in [1.807, 2.05) is 42.5 Å². The number of anilines is 1. The van der Waals surface area contributed by atoms with Gasteiger partial charge in [0.25, 0.3) is 0 Å². The fourth-order valence-electron chi connectivity index (χ4n) is 3.87. The van der Waals surface area contributed by atoms with Crippen LogP contribution in [-0.2, 0) is 16.1 Å². The number of hydrogen-bond acceptors (Lipinski definition) is 6. The Hall–Kier alpha value is -3.49. The van der Waals surface area contributed by atoms with E-state index in [4.69, 9.17) is 17.3 Å². The van der Waals surface area contributed by atoms with Crippen LogP contribution >= 0.6 is 22.9 Å². The van der Waals surface area contributed by atoms with E-state index in [1.165, 1.54) is 12.4 Å². The van der Waals surface area contributed by atoms with Crippen LogP contribution < -0.4 is 5.73 Å². The fraction of sp³-hybridized carbons (Fsp3) is 0.167. The van der Waals surface area contributed by atoms with Gasteiger partial charge in [0.05, 0.1) is 5.52 Å². The molecule has 2 amide bonds. The number of benzene rings is 2. The Morgan fingerprint density at radius 2 is 2.03 bits per heavy atom. The predicted octanol–water partition coefficient (Wildman–Crippen LogP) is 3.96. The lowest BCUT2D eigenvalue weighted by Crippen LogP contribution is -2.51. The molecule has 9 heteroatoms. The number of nitrogen functional groups attached to an aromatic ring is 1. The highest BCUT2D eigenvalue weighted by Gasteiger charge is 2.26. The largest absolute Gasteiger partial charge is 0.383 e. The van der Waals surface area contributed by atoms with Crippen molar-refractivity contribution in [3.63, 3.8) is 0 Å². The maximum absolute atomic E-state index is 12.7. The van der Waals surface area contributed by atoms with Crippen molar-refractivity contribution in [2.45, 2.75) is 6.54 Å². The Labute approximate surface area is 199 Å². The highest BCUT2D eigenvalue weighted by molar-refractivity contribution is 7.19. The minimum atomic E-state index is -0.170. The van der Waals surface area contributed by atoms with Crippen LogP contribution in [0, 0.1) is 0 Å². The number of carbonyl (C=O) groups excluding carboxylic acids is 2. The molecule has 33 heavy (non-hydrogen) atoms. The molecule has 7 nitrogen and oxygen atoms in total. The molecule has 0 radical (unpaired) electrons. The monoisotopic (exact) mass is 477 g/mol. The molecular weight excluding hydrogens is 458 g/mol. The first-order valence-electron chi connectivity index (χ1n) is 10.4. The van der Waals surface area contributed by atoms with Crippen molar-refractivity contribution in [2.75, 3.05) is 25.4 Å². The zero-order valence-corrected chi connectivity index (χ0v) is 19.1. The highest BCUT2D eigenvalue weighted by Crippen LogP contribution is 2.29. The summed E-state index contributed by atoms with van der Waals surface area (Å²) in [6, 6.07) is 13.5. The van der Waals surface area contributed by atoms with E-state index in [-0.39, 0.29) is 18.4 Å². The SMILES string of the molecule is Nc1ncnc2cc(CN3CCN(C(=O)C=Cc4cc5ccc(Cl)cc5s4)CC3=O)ccc12. The average molecular weight is 478 g/mol. The minimum absolute atomic E-state index is 0.0634. The Kier molecular flexibility index (Phi) is 5.70. The Morgan fingerprint density at radius 3 is 2.88 bits per heavy atom. The molecule has 1 saturated heterocycles. The molecule has 0 aliphatic carbocycles. The smallest absolute Gasteiger partial charge is 0.247 e. The normalized spacial score (nSPS) is 14.6. The van der Waals surface area contributed by atoms with Crippen molar-refractivity contribution in [1.29, 1.82) is 0 Å². The van der Waals surface area contributed by atoms with E-state index < -0.39 is 0 Å². The first-order valence-corrected chi connectivity index (χ1v) is 11.6. The number of thiophene rings is 1. The van der Waals surface area contributed by atoms with Gasteiger partial charge in [-0.05, 0) is 47.4 Å². The van der Waals surface area contributed by atoms with Crippen LogP contribution in [0.15, 0.2) is 54.9 Å². The molecule has 2 aromatic heterocycles. The molecular formula is C24H20ClN5O2S. The summed E-state index contributed by atoms with van der Waals surface area (Å²) < 4.78 is 1.07. The molecule has 4 aromatic rings. The van der Waals surface area contributed by atoms with E-state index in [1.54, 1.807) is 27.2 Å². The molecule has 1 fully saturated rings. The third-order valence-electron chi connectivity index (χ3n) is 5.63. The first kappa shape index (κ1) is 21.4. The van der Waals surface area contributed by atoms with Gasteiger partial charge >= 0.3 is 0 Å². The van der Waals surface area contributed by atoms with Crippen molar-refractivity contribution in [2.24, 2.45) is 0 Å². The van der Waals surface area contributed by atoms with Crippen LogP contribution in [0.1, 0.15) is 10.4 Å². The number of carbonyl (C=O) groups is 2. The van der Waals surface area contributed by atoms with Crippen LogP contribution in [0.4, 0.5) is 5.82 Å². The summed E-state index contributed by atoms with van der Waals surface area (Å²) in [4.78, 5) is 37.9. The van der Waals surface area contributed by atoms with Gasteiger partial charge < -0.3 is 15.5 Å². The van der Waals surface area contributed by atoms with E-state index in [0.29, 0.717) is 30.5 Å². The summed E-state index contributed by atoms with van der Waals surface area (Å²) >= 11 is 7.62. The second-order valence-corrected chi connectivity index (χ2v) is 9.40. The van der Waals surface area contributed by atoms with Gasteiger partial charge in [0.2, 0.25) is 11.8 Å². The van der Waals surface area contributed by atoms with Gasteiger partial charge in [-0.1, -0.05) is 23.7 Å². The van der Waals surface area contributed by atoms with Crippen molar-refractivity contribution >= 4 is 67.6 Å². The van der Waals surface area contributed by atoms with E-state index in [0.717, 1.165) is 31.4 Å². The van der Waals surface area contributed by atoms with Gasteiger partial charge in [0, 0.05) is 45.7 Å². The summed E-state index contributed by atoms with van der Waals surface area (Å²) in [7, 11) is 0. The fourth-order valence-corrected chi connectivity index (χ4v) is 5.12. The van der Waals surface area contributed by atoms with Crippen molar-refractivity contribution < 1.29 is 9.59 Å². The van der Waals surface area contributed by atoms with Gasteiger partial charge in [-0.25, -0.2) is 9.97 Å². The second kappa shape index (κ2) is 8.80. The summed E-state index contributed by atoms with van der Waals surface area (Å²) in [5.74, 6) is 0.181. The van der Waals surface area contributed by atoms with Crippen LogP contribution in [0.3, 0.4) is 0 Å². The third kappa shape index (κ3) is 4.53. The Bertz CT molecular complexity index is 1420. The van der Waals surface area contributed by atoms with Crippen LogP contribution in [0.2, 0.25) is 5.02 Å². The molecule has 166 valence electrons. The number of aromatic nitrogens is 2. The predicted molar refractivity (Wildman–Crippen MR) is 132 cm³/mol. The third-order valence-corrected chi connectivity index (χ3v) is 6.93. The summed E-state index contributed by atoms with van der Waals surface area (Å²) in [6.45, 7) is 1.48. The topological polar surface area (TPSA) is 92.4 Å². The number of nitrogens with two attached hydrogens (primary N) is 1. The lowest BCUT2D eigenvalue weighted by Gasteiger charge is -2.34. The van der Waals surface area contributed by atoms with E-state index in [9.17, 15) is 9.59 Å². The number of rotatable bonds is 4. The molecule has 1 aliphatic heterocycles. The van der Waals surface area contributed by atoms with Crippen LogP contribution in [0.5, 0.6) is 0 Å². The minimum Gasteiger partial charge on any atom is -0.383 e. The zero-order valence-electron chi connectivity index (χ0n) is 17.6.